The van der Waals surface area contributed by atoms with Crippen LogP contribution in [0.15, 0.2) is 22.7 Å². The first-order valence-electron chi connectivity index (χ1n) is 5.26. The predicted molar refractivity (Wildman–Crippen MR) is 65.4 cm³/mol. The van der Waals surface area contributed by atoms with Gasteiger partial charge in [0, 0.05) is 10.5 Å². The summed E-state index contributed by atoms with van der Waals surface area (Å²) >= 11 is 3.37. The summed E-state index contributed by atoms with van der Waals surface area (Å²) in [5, 5.41) is 0. The molecule has 0 aliphatic carbocycles. The van der Waals surface area contributed by atoms with E-state index in [-0.39, 0.29) is 17.8 Å². The summed E-state index contributed by atoms with van der Waals surface area (Å²) in [6.07, 6.45) is 2.06. The lowest BCUT2D eigenvalue weighted by molar-refractivity contribution is 0.520. The Labute approximate surface area is 99.0 Å². The molecule has 0 fully saturated rings. The molecule has 0 heterocycles. The summed E-state index contributed by atoms with van der Waals surface area (Å²) in [5.41, 5.74) is 7.13. The number of rotatable bonds is 4. The van der Waals surface area contributed by atoms with E-state index in [1.54, 1.807) is 6.07 Å². The summed E-state index contributed by atoms with van der Waals surface area (Å²) in [7, 11) is 0. The molecule has 0 aliphatic heterocycles. The van der Waals surface area contributed by atoms with Crippen LogP contribution in [-0.2, 0) is 0 Å². The molecule has 0 bridgehead atoms. The van der Waals surface area contributed by atoms with Crippen molar-refractivity contribution in [1.82, 2.24) is 0 Å². The monoisotopic (exact) mass is 273 g/mol. The minimum absolute atomic E-state index is 0.136. The van der Waals surface area contributed by atoms with Gasteiger partial charge >= 0.3 is 0 Å². The van der Waals surface area contributed by atoms with Crippen LogP contribution < -0.4 is 5.73 Å². The maximum absolute atomic E-state index is 12.9. The molecule has 0 saturated carbocycles. The Balaban J connectivity index is 2.86. The largest absolute Gasteiger partial charge is 0.327 e. The first-order chi connectivity index (χ1) is 7.06. The Bertz CT molecular complexity index is 327. The van der Waals surface area contributed by atoms with Gasteiger partial charge in [-0.3, -0.25) is 0 Å². The maximum atomic E-state index is 12.9. The predicted octanol–water partition coefficient (Wildman–Crippen LogP) is 3.82. The van der Waals surface area contributed by atoms with Crippen LogP contribution in [-0.4, -0.2) is 6.04 Å². The minimum atomic E-state index is -0.220. The zero-order valence-electron chi connectivity index (χ0n) is 9.13. The second-order valence-corrected chi connectivity index (χ2v) is 4.76. The van der Waals surface area contributed by atoms with Crippen LogP contribution >= 0.6 is 15.9 Å². The van der Waals surface area contributed by atoms with Gasteiger partial charge in [-0.1, -0.05) is 42.3 Å². The van der Waals surface area contributed by atoms with Gasteiger partial charge in [-0.15, -0.1) is 0 Å². The van der Waals surface area contributed by atoms with E-state index >= 15 is 0 Å². The van der Waals surface area contributed by atoms with Crippen LogP contribution in [0.3, 0.4) is 0 Å². The quantitative estimate of drug-likeness (QED) is 0.887. The molecule has 2 unspecified atom stereocenters. The van der Waals surface area contributed by atoms with E-state index in [2.05, 4.69) is 29.8 Å². The van der Waals surface area contributed by atoms with Gasteiger partial charge in [0.2, 0.25) is 0 Å². The van der Waals surface area contributed by atoms with Crippen molar-refractivity contribution in [1.29, 1.82) is 0 Å². The van der Waals surface area contributed by atoms with E-state index in [1.165, 1.54) is 12.1 Å². The van der Waals surface area contributed by atoms with Crippen molar-refractivity contribution in [3.05, 3.63) is 34.1 Å². The molecule has 1 aromatic carbocycles. The molecule has 2 N–H and O–H groups in total. The smallest absolute Gasteiger partial charge is 0.124 e. The van der Waals surface area contributed by atoms with Gasteiger partial charge in [0.1, 0.15) is 5.82 Å². The summed E-state index contributed by atoms with van der Waals surface area (Å²) in [6.45, 7) is 4.20. The van der Waals surface area contributed by atoms with Crippen LogP contribution in [0.4, 0.5) is 4.39 Å². The van der Waals surface area contributed by atoms with Crippen molar-refractivity contribution >= 4 is 15.9 Å². The van der Waals surface area contributed by atoms with Crippen molar-refractivity contribution in [3.8, 4) is 0 Å². The average molecular weight is 274 g/mol. The van der Waals surface area contributed by atoms with Gasteiger partial charge in [0.15, 0.2) is 0 Å². The second kappa shape index (κ2) is 5.61. The fourth-order valence-electron chi connectivity index (χ4n) is 1.68. The number of nitrogens with two attached hydrogens (primary N) is 1. The topological polar surface area (TPSA) is 26.0 Å². The SMILES string of the molecule is CCCC(N)C(C)c1ccc(F)cc1Br. The summed E-state index contributed by atoms with van der Waals surface area (Å²) in [6, 6.07) is 4.91. The van der Waals surface area contributed by atoms with Crippen LogP contribution in [0.5, 0.6) is 0 Å². The number of benzene rings is 1. The molecule has 0 saturated heterocycles. The maximum Gasteiger partial charge on any atom is 0.124 e. The average Bonchev–Trinajstić information content (AvgIpc) is 2.17. The lowest BCUT2D eigenvalue weighted by Gasteiger charge is -2.20. The van der Waals surface area contributed by atoms with Crippen LogP contribution in [0.2, 0.25) is 0 Å². The van der Waals surface area contributed by atoms with E-state index in [9.17, 15) is 4.39 Å². The highest BCUT2D eigenvalue weighted by atomic mass is 79.9. The molecular formula is C12H17BrFN. The third kappa shape index (κ3) is 3.28. The first kappa shape index (κ1) is 12.7. The Hall–Kier alpha value is -0.410. The Morgan fingerprint density at radius 3 is 2.67 bits per heavy atom. The van der Waals surface area contributed by atoms with Crippen molar-refractivity contribution in [2.45, 2.75) is 38.6 Å². The molecule has 1 nitrogen and oxygen atoms in total. The van der Waals surface area contributed by atoms with Gasteiger partial charge in [-0.2, -0.15) is 0 Å². The van der Waals surface area contributed by atoms with Crippen molar-refractivity contribution in [3.63, 3.8) is 0 Å². The summed E-state index contributed by atoms with van der Waals surface area (Å²) in [5.74, 6) is 0.0295. The molecule has 3 heteroatoms. The number of hydrogen-bond donors (Lipinski definition) is 1. The van der Waals surface area contributed by atoms with Gasteiger partial charge in [-0.05, 0) is 30.0 Å². The molecule has 2 atom stereocenters. The molecule has 1 rings (SSSR count). The third-order valence-electron chi connectivity index (χ3n) is 2.72. The van der Waals surface area contributed by atoms with E-state index in [4.69, 9.17) is 5.73 Å². The Kier molecular flexibility index (Phi) is 4.74. The van der Waals surface area contributed by atoms with E-state index < -0.39 is 0 Å². The van der Waals surface area contributed by atoms with Gasteiger partial charge < -0.3 is 5.73 Å². The lowest BCUT2D eigenvalue weighted by atomic mass is 9.91. The summed E-state index contributed by atoms with van der Waals surface area (Å²) < 4.78 is 13.7. The van der Waals surface area contributed by atoms with Crippen molar-refractivity contribution in [2.75, 3.05) is 0 Å². The first-order valence-corrected chi connectivity index (χ1v) is 6.06. The normalized spacial score (nSPS) is 15.0. The lowest BCUT2D eigenvalue weighted by Crippen LogP contribution is -2.26. The van der Waals surface area contributed by atoms with Crippen molar-refractivity contribution < 1.29 is 4.39 Å². The van der Waals surface area contributed by atoms with E-state index in [0.29, 0.717) is 0 Å². The summed E-state index contributed by atoms with van der Waals surface area (Å²) in [4.78, 5) is 0. The highest BCUT2D eigenvalue weighted by Gasteiger charge is 2.16. The number of hydrogen-bond acceptors (Lipinski definition) is 1. The molecule has 84 valence electrons. The highest BCUT2D eigenvalue weighted by Crippen LogP contribution is 2.28. The fraction of sp³-hybridized carbons (Fsp3) is 0.500. The van der Waals surface area contributed by atoms with Gasteiger partial charge in [0.25, 0.3) is 0 Å². The zero-order valence-corrected chi connectivity index (χ0v) is 10.7. The molecular weight excluding hydrogens is 257 g/mol. The molecule has 0 amide bonds. The van der Waals surface area contributed by atoms with Crippen LogP contribution in [0.1, 0.15) is 38.2 Å². The fourth-order valence-corrected chi connectivity index (χ4v) is 2.40. The molecule has 0 spiro atoms. The molecule has 0 aromatic heterocycles. The van der Waals surface area contributed by atoms with E-state index in [1.807, 2.05) is 0 Å². The number of halogens is 2. The molecule has 0 radical (unpaired) electrons. The second-order valence-electron chi connectivity index (χ2n) is 3.91. The highest BCUT2D eigenvalue weighted by molar-refractivity contribution is 9.10. The molecule has 1 aromatic rings. The van der Waals surface area contributed by atoms with Gasteiger partial charge in [0.05, 0.1) is 0 Å². The Morgan fingerprint density at radius 1 is 1.47 bits per heavy atom. The molecule has 15 heavy (non-hydrogen) atoms. The van der Waals surface area contributed by atoms with Crippen molar-refractivity contribution in [2.24, 2.45) is 5.73 Å². The van der Waals surface area contributed by atoms with Crippen LogP contribution in [0.25, 0.3) is 0 Å². The van der Waals surface area contributed by atoms with Gasteiger partial charge in [-0.25, -0.2) is 4.39 Å². The zero-order chi connectivity index (χ0) is 11.4. The minimum Gasteiger partial charge on any atom is -0.327 e. The van der Waals surface area contributed by atoms with Crippen LogP contribution in [0, 0.1) is 5.82 Å². The Morgan fingerprint density at radius 2 is 2.13 bits per heavy atom. The standard InChI is InChI=1S/C12H17BrFN/c1-3-4-12(15)8(2)10-6-5-9(14)7-11(10)13/h5-8,12H,3-4,15H2,1-2H3. The third-order valence-corrected chi connectivity index (χ3v) is 3.40. The molecule has 0 aliphatic rings. The van der Waals surface area contributed by atoms with E-state index in [0.717, 1.165) is 22.9 Å².